The van der Waals surface area contributed by atoms with E-state index in [1.165, 1.54) is 57.8 Å². The van der Waals surface area contributed by atoms with Crippen molar-refractivity contribution in [2.24, 2.45) is 46.3 Å². The maximum Gasteiger partial charge on any atom is 0.0622 e. The van der Waals surface area contributed by atoms with Gasteiger partial charge in [0.25, 0.3) is 0 Å². The summed E-state index contributed by atoms with van der Waals surface area (Å²) in [6.45, 7) is 6.66. The largest absolute Gasteiger partial charge is 0.393 e. The second-order valence-electron chi connectivity index (χ2n) is 11.7. The third kappa shape index (κ3) is 2.36. The second kappa shape index (κ2) is 5.72. The number of fused-ring (bicyclic) bond motifs is 5. The first kappa shape index (κ1) is 18.0. The van der Waals surface area contributed by atoms with Gasteiger partial charge >= 0.3 is 0 Å². The molecule has 26 heavy (non-hydrogen) atoms. The molecule has 5 saturated carbocycles. The lowest BCUT2D eigenvalue weighted by Crippen LogP contribution is -2.57. The lowest BCUT2D eigenvalue weighted by atomic mass is 9.42. The van der Waals surface area contributed by atoms with Gasteiger partial charge in [-0.15, -0.1) is 0 Å². The second-order valence-corrected chi connectivity index (χ2v) is 11.7. The zero-order valence-electron chi connectivity index (χ0n) is 17.2. The van der Waals surface area contributed by atoms with E-state index >= 15 is 0 Å². The summed E-state index contributed by atoms with van der Waals surface area (Å²) in [7, 11) is 0. The van der Waals surface area contributed by atoms with Gasteiger partial charge in [0.15, 0.2) is 0 Å². The molecule has 5 fully saturated rings. The minimum Gasteiger partial charge on any atom is -0.393 e. The summed E-state index contributed by atoms with van der Waals surface area (Å²) in [6, 6.07) is 0. The molecule has 0 radical (unpaired) electrons. The standard InChI is InChI=1S/C24H40O2/c1-15(25)19-8-9-20-18-7-6-17-14-22(2,26)12-13-24(17,16-4-5-16)21(18)10-11-23(19,20)3/h15-21,25-26H,4-14H2,1-3H3/t15?,17-,18+,19-,20+,21+,22-,23-,24-/m1/s1. The fraction of sp³-hybridized carbons (Fsp3) is 1.00. The van der Waals surface area contributed by atoms with Crippen molar-refractivity contribution in [3.05, 3.63) is 0 Å². The molecule has 0 heterocycles. The molecule has 0 aromatic heterocycles. The third-order valence-electron chi connectivity index (χ3n) is 10.5. The predicted octanol–water partition coefficient (Wildman–Crippen LogP) is 5.17. The van der Waals surface area contributed by atoms with E-state index in [9.17, 15) is 10.2 Å². The highest BCUT2D eigenvalue weighted by Crippen LogP contribution is 2.72. The highest BCUT2D eigenvalue weighted by molar-refractivity contribution is 5.14. The first-order valence-electron chi connectivity index (χ1n) is 11.7. The topological polar surface area (TPSA) is 40.5 Å². The zero-order chi connectivity index (χ0) is 18.3. The van der Waals surface area contributed by atoms with E-state index in [1.807, 2.05) is 6.92 Å². The maximum atomic E-state index is 10.8. The van der Waals surface area contributed by atoms with Gasteiger partial charge in [0, 0.05) is 0 Å². The summed E-state index contributed by atoms with van der Waals surface area (Å²) in [5, 5.41) is 21.2. The van der Waals surface area contributed by atoms with Crippen LogP contribution >= 0.6 is 0 Å². The Hall–Kier alpha value is -0.0800. The quantitative estimate of drug-likeness (QED) is 0.713. The Kier molecular flexibility index (Phi) is 3.96. The normalized spacial score (nSPS) is 57.8. The van der Waals surface area contributed by atoms with Gasteiger partial charge in [0.1, 0.15) is 0 Å². The van der Waals surface area contributed by atoms with Gasteiger partial charge in [0.2, 0.25) is 0 Å². The van der Waals surface area contributed by atoms with Crippen LogP contribution in [0.4, 0.5) is 0 Å². The fourth-order valence-corrected chi connectivity index (χ4v) is 9.42. The van der Waals surface area contributed by atoms with Gasteiger partial charge in [-0.05, 0) is 131 Å². The van der Waals surface area contributed by atoms with Gasteiger partial charge in [-0.1, -0.05) is 6.92 Å². The van der Waals surface area contributed by atoms with E-state index in [4.69, 9.17) is 0 Å². The smallest absolute Gasteiger partial charge is 0.0622 e. The first-order chi connectivity index (χ1) is 12.3. The highest BCUT2D eigenvalue weighted by atomic mass is 16.3. The zero-order valence-corrected chi connectivity index (χ0v) is 17.2. The van der Waals surface area contributed by atoms with Gasteiger partial charge in [0.05, 0.1) is 11.7 Å². The van der Waals surface area contributed by atoms with Crippen LogP contribution in [0.1, 0.15) is 91.4 Å². The monoisotopic (exact) mass is 360 g/mol. The predicted molar refractivity (Wildman–Crippen MR) is 105 cm³/mol. The highest BCUT2D eigenvalue weighted by Gasteiger charge is 2.65. The van der Waals surface area contributed by atoms with Crippen molar-refractivity contribution in [3.63, 3.8) is 0 Å². The van der Waals surface area contributed by atoms with Crippen molar-refractivity contribution in [3.8, 4) is 0 Å². The van der Waals surface area contributed by atoms with Crippen molar-refractivity contribution in [2.45, 2.75) is 103 Å². The molecule has 2 heteroatoms. The number of hydrogen-bond acceptors (Lipinski definition) is 2. The first-order valence-corrected chi connectivity index (χ1v) is 11.7. The summed E-state index contributed by atoms with van der Waals surface area (Å²) in [5.74, 6) is 4.93. The fourth-order valence-electron chi connectivity index (χ4n) is 9.42. The van der Waals surface area contributed by atoms with Crippen LogP contribution in [0.5, 0.6) is 0 Å². The van der Waals surface area contributed by atoms with E-state index < -0.39 is 5.60 Å². The van der Waals surface area contributed by atoms with Crippen molar-refractivity contribution in [1.29, 1.82) is 0 Å². The van der Waals surface area contributed by atoms with Crippen molar-refractivity contribution in [2.75, 3.05) is 0 Å². The molecule has 0 aromatic carbocycles. The average Bonchev–Trinajstić information content (AvgIpc) is 3.35. The molecule has 5 aliphatic carbocycles. The average molecular weight is 361 g/mol. The minimum absolute atomic E-state index is 0.139. The molecule has 1 unspecified atom stereocenters. The van der Waals surface area contributed by atoms with Crippen LogP contribution in [0.25, 0.3) is 0 Å². The number of rotatable bonds is 2. The molecule has 0 bridgehead atoms. The maximum absolute atomic E-state index is 10.8. The summed E-state index contributed by atoms with van der Waals surface area (Å²) in [6.07, 6.45) is 14.3. The molecule has 9 atom stereocenters. The number of hydrogen-bond donors (Lipinski definition) is 2. The van der Waals surface area contributed by atoms with Crippen molar-refractivity contribution in [1.82, 2.24) is 0 Å². The molecule has 5 rings (SSSR count). The minimum atomic E-state index is -0.413. The molecule has 0 saturated heterocycles. The Bertz CT molecular complexity index is 565. The molecule has 0 spiro atoms. The molecule has 0 aromatic rings. The Balaban J connectivity index is 1.47. The lowest BCUT2D eigenvalue weighted by molar-refractivity contribution is -0.166. The van der Waals surface area contributed by atoms with E-state index in [-0.39, 0.29) is 6.10 Å². The lowest BCUT2D eigenvalue weighted by Gasteiger charge is -2.63. The molecule has 148 valence electrons. The van der Waals surface area contributed by atoms with Crippen LogP contribution in [0, 0.1) is 46.3 Å². The van der Waals surface area contributed by atoms with Gasteiger partial charge in [-0.3, -0.25) is 0 Å². The molecule has 5 aliphatic rings. The van der Waals surface area contributed by atoms with Crippen LogP contribution in [0.15, 0.2) is 0 Å². The Labute approximate surface area is 160 Å². The molecule has 0 amide bonds. The molecule has 2 nitrogen and oxygen atoms in total. The molecule has 0 aliphatic heterocycles. The van der Waals surface area contributed by atoms with Crippen molar-refractivity contribution >= 4 is 0 Å². The van der Waals surface area contributed by atoms with Crippen LogP contribution in [0.3, 0.4) is 0 Å². The molecular formula is C24H40O2. The van der Waals surface area contributed by atoms with Crippen molar-refractivity contribution < 1.29 is 10.2 Å². The summed E-state index contributed by atoms with van der Waals surface area (Å²) < 4.78 is 0. The van der Waals surface area contributed by atoms with E-state index in [2.05, 4.69) is 13.8 Å². The van der Waals surface area contributed by atoms with Crippen LogP contribution < -0.4 is 0 Å². The van der Waals surface area contributed by atoms with Crippen LogP contribution in [0.2, 0.25) is 0 Å². The van der Waals surface area contributed by atoms with E-state index in [1.54, 1.807) is 0 Å². The Morgan fingerprint density at radius 2 is 1.54 bits per heavy atom. The van der Waals surface area contributed by atoms with Gasteiger partial charge in [-0.2, -0.15) is 0 Å². The van der Waals surface area contributed by atoms with E-state index in [0.29, 0.717) is 16.7 Å². The molecule has 2 N–H and O–H groups in total. The summed E-state index contributed by atoms with van der Waals surface area (Å²) >= 11 is 0. The van der Waals surface area contributed by atoms with Gasteiger partial charge < -0.3 is 10.2 Å². The van der Waals surface area contributed by atoms with Gasteiger partial charge in [-0.25, -0.2) is 0 Å². The molecular weight excluding hydrogens is 320 g/mol. The van der Waals surface area contributed by atoms with Crippen LogP contribution in [-0.2, 0) is 0 Å². The Morgan fingerprint density at radius 3 is 2.23 bits per heavy atom. The van der Waals surface area contributed by atoms with Crippen LogP contribution in [-0.4, -0.2) is 21.9 Å². The summed E-state index contributed by atoms with van der Waals surface area (Å²) in [4.78, 5) is 0. The number of aliphatic hydroxyl groups excluding tert-OH is 1. The number of aliphatic hydroxyl groups is 2. The summed E-state index contributed by atoms with van der Waals surface area (Å²) in [5.41, 5.74) is 0.534. The van der Waals surface area contributed by atoms with E-state index in [0.717, 1.165) is 42.4 Å². The third-order valence-corrected chi connectivity index (χ3v) is 10.5. The Morgan fingerprint density at radius 1 is 0.808 bits per heavy atom. The SMILES string of the molecule is CC(O)[C@H]1CC[C@H]2[C@@H]3CC[C@@H]4C[C@](C)(O)CC[C@]4(C4CC4)[C@H]3CC[C@]12C.